The molecule has 1 rings (SSSR count). The van der Waals surface area contributed by atoms with Crippen LogP contribution in [-0.4, -0.2) is 39.2 Å². The van der Waals surface area contributed by atoms with Crippen molar-refractivity contribution in [1.82, 2.24) is 0 Å². The van der Waals surface area contributed by atoms with Crippen LogP contribution in [0.3, 0.4) is 0 Å². The van der Waals surface area contributed by atoms with E-state index in [2.05, 4.69) is 11.3 Å². The minimum absolute atomic E-state index is 0.0796. The van der Waals surface area contributed by atoms with Gasteiger partial charge in [0.2, 0.25) is 0 Å². The normalized spacial score (nSPS) is 11.9. The number of ether oxygens (including phenoxy) is 1. The molecule has 0 aromatic heterocycles. The molecule has 0 saturated carbocycles. The van der Waals surface area contributed by atoms with Crippen LogP contribution in [-0.2, 0) is 9.53 Å². The van der Waals surface area contributed by atoms with Crippen LogP contribution in [0.4, 0.5) is 0 Å². The average Bonchev–Trinajstić information content (AvgIpc) is 2.29. The molecule has 0 bridgehead atoms. The van der Waals surface area contributed by atoms with Crippen molar-refractivity contribution in [2.75, 3.05) is 7.11 Å². The number of carbonyl (C=O) groups is 1. The molecule has 16 heavy (non-hydrogen) atoms. The van der Waals surface area contributed by atoms with Gasteiger partial charge in [-0.2, -0.15) is 0 Å². The number of benzene rings is 1. The van der Waals surface area contributed by atoms with Gasteiger partial charge < -0.3 is 0 Å². The first-order valence-corrected chi connectivity index (χ1v) is 6.51. The fourth-order valence-corrected chi connectivity index (χ4v) is 2.95. The number of esters is 1. The zero-order valence-corrected chi connectivity index (χ0v) is 10.8. The number of aliphatic hydroxyl groups excluding tert-OH is 1. The summed E-state index contributed by atoms with van der Waals surface area (Å²) in [6.45, 7) is 3.87. The van der Waals surface area contributed by atoms with Gasteiger partial charge in [-0.15, -0.1) is 0 Å². The Morgan fingerprint density at radius 1 is 1.50 bits per heavy atom. The Balaban J connectivity index is 2.45. The second kappa shape index (κ2) is 6.48. The summed E-state index contributed by atoms with van der Waals surface area (Å²) in [5.41, 5.74) is 0. The van der Waals surface area contributed by atoms with Crippen LogP contribution >= 0.6 is 0 Å². The first-order chi connectivity index (χ1) is 7.63. The summed E-state index contributed by atoms with van der Waals surface area (Å²) in [7, 11) is 1.26. The Morgan fingerprint density at radius 2 is 2.12 bits per heavy atom. The molecule has 0 aliphatic heterocycles. The molecule has 1 aromatic rings. The van der Waals surface area contributed by atoms with E-state index in [9.17, 15) is 9.90 Å². The second-order valence-electron chi connectivity index (χ2n) is 3.20. The van der Waals surface area contributed by atoms with Crippen molar-refractivity contribution in [3.8, 4) is 0 Å². The number of methoxy groups -OCH3 is 1. The third kappa shape index (κ3) is 4.19. The first kappa shape index (κ1) is 13.0. The predicted octanol–water partition coefficient (Wildman–Crippen LogP) is 0.454. The molecule has 0 saturated heterocycles. The molecule has 4 heteroatoms. The number of carbonyl (C=O) groups excluding carboxylic acids is 1. The Hall–Kier alpha value is -1.09. The van der Waals surface area contributed by atoms with E-state index < -0.39 is 12.1 Å². The Labute approximate surface area is 101 Å². The standard InChI is InChI=1S/C12H14O3Se/c1-9(8-11(13)12(14)15-2)16-10-6-4-3-5-7-10/h3-7,11,13H,1,8H2,2H3/t11-/m1/s1. The molecule has 0 radical (unpaired) electrons. The number of hydrogen-bond acceptors (Lipinski definition) is 3. The van der Waals surface area contributed by atoms with Crippen molar-refractivity contribution >= 4 is 25.4 Å². The summed E-state index contributed by atoms with van der Waals surface area (Å²) in [5, 5.41) is 9.44. The van der Waals surface area contributed by atoms with Gasteiger partial charge in [-0.1, -0.05) is 0 Å². The zero-order chi connectivity index (χ0) is 12.0. The molecule has 1 aromatic carbocycles. The quantitative estimate of drug-likeness (QED) is 0.631. The van der Waals surface area contributed by atoms with E-state index in [1.54, 1.807) is 0 Å². The van der Waals surface area contributed by atoms with Crippen molar-refractivity contribution in [1.29, 1.82) is 0 Å². The van der Waals surface area contributed by atoms with Crippen molar-refractivity contribution < 1.29 is 14.6 Å². The monoisotopic (exact) mass is 286 g/mol. The second-order valence-corrected chi connectivity index (χ2v) is 5.83. The molecular weight excluding hydrogens is 271 g/mol. The van der Waals surface area contributed by atoms with Crippen molar-refractivity contribution in [2.24, 2.45) is 0 Å². The van der Waals surface area contributed by atoms with Gasteiger partial charge in [0.1, 0.15) is 0 Å². The molecular formula is C12H14O3Se. The Bertz CT molecular complexity index is 362. The topological polar surface area (TPSA) is 46.5 Å². The Kier molecular flexibility index (Phi) is 5.26. The van der Waals surface area contributed by atoms with Crippen LogP contribution < -0.4 is 4.46 Å². The van der Waals surface area contributed by atoms with E-state index in [0.29, 0.717) is 0 Å². The molecule has 86 valence electrons. The molecule has 0 heterocycles. The van der Waals surface area contributed by atoms with E-state index in [1.165, 1.54) is 11.6 Å². The van der Waals surface area contributed by atoms with Crippen LogP contribution in [0.25, 0.3) is 0 Å². The van der Waals surface area contributed by atoms with Crippen LogP contribution in [0.15, 0.2) is 41.4 Å². The average molecular weight is 285 g/mol. The van der Waals surface area contributed by atoms with Crippen molar-refractivity contribution in [3.05, 3.63) is 41.4 Å². The van der Waals surface area contributed by atoms with E-state index >= 15 is 0 Å². The van der Waals surface area contributed by atoms with Gasteiger partial charge in [-0.05, 0) is 0 Å². The summed E-state index contributed by atoms with van der Waals surface area (Å²) < 4.78 is 6.49. The minimum atomic E-state index is -1.09. The summed E-state index contributed by atoms with van der Waals surface area (Å²) in [5.74, 6) is -0.606. The van der Waals surface area contributed by atoms with E-state index in [4.69, 9.17) is 0 Å². The van der Waals surface area contributed by atoms with E-state index in [1.807, 2.05) is 30.3 Å². The maximum absolute atomic E-state index is 11.0. The van der Waals surface area contributed by atoms with Gasteiger partial charge >= 0.3 is 101 Å². The van der Waals surface area contributed by atoms with Crippen molar-refractivity contribution in [2.45, 2.75) is 12.5 Å². The molecule has 0 amide bonds. The SMILES string of the molecule is C=C(C[C@@H](O)C(=O)OC)[Se]c1ccccc1. The van der Waals surface area contributed by atoms with Gasteiger partial charge in [0.05, 0.1) is 0 Å². The van der Waals surface area contributed by atoms with Gasteiger partial charge in [0.15, 0.2) is 0 Å². The number of aliphatic hydroxyl groups is 1. The number of hydrogen-bond donors (Lipinski definition) is 1. The van der Waals surface area contributed by atoms with E-state index in [-0.39, 0.29) is 21.4 Å². The molecule has 0 spiro atoms. The fraction of sp³-hybridized carbons (Fsp3) is 0.250. The third-order valence-electron chi connectivity index (χ3n) is 1.90. The van der Waals surface area contributed by atoms with E-state index in [0.717, 1.165) is 4.47 Å². The molecule has 1 N–H and O–H groups in total. The van der Waals surface area contributed by atoms with Crippen molar-refractivity contribution in [3.63, 3.8) is 0 Å². The van der Waals surface area contributed by atoms with Gasteiger partial charge in [0, 0.05) is 0 Å². The molecule has 0 fully saturated rings. The van der Waals surface area contributed by atoms with Crippen LogP contribution in [0.1, 0.15) is 6.42 Å². The summed E-state index contributed by atoms with van der Waals surface area (Å²) >= 11 is 0.0796. The molecule has 0 aliphatic rings. The van der Waals surface area contributed by atoms with Crippen LogP contribution in [0.5, 0.6) is 0 Å². The number of rotatable bonds is 5. The molecule has 1 atom stereocenters. The molecule has 0 aliphatic carbocycles. The van der Waals surface area contributed by atoms with Gasteiger partial charge in [0.25, 0.3) is 0 Å². The summed E-state index contributed by atoms with van der Waals surface area (Å²) in [6, 6.07) is 9.89. The summed E-state index contributed by atoms with van der Waals surface area (Å²) in [4.78, 5) is 11.0. The van der Waals surface area contributed by atoms with Gasteiger partial charge in [-0.25, -0.2) is 0 Å². The Morgan fingerprint density at radius 3 is 2.69 bits per heavy atom. The van der Waals surface area contributed by atoms with Gasteiger partial charge in [-0.3, -0.25) is 0 Å². The molecule has 3 nitrogen and oxygen atoms in total. The zero-order valence-electron chi connectivity index (χ0n) is 9.05. The van der Waals surface area contributed by atoms with Crippen LogP contribution in [0.2, 0.25) is 0 Å². The maximum atomic E-state index is 11.0. The molecule has 0 unspecified atom stereocenters. The first-order valence-electron chi connectivity index (χ1n) is 4.80. The third-order valence-corrected chi connectivity index (χ3v) is 3.92. The summed E-state index contributed by atoms with van der Waals surface area (Å²) in [6.07, 6.45) is -0.829. The fourth-order valence-electron chi connectivity index (χ4n) is 1.13. The predicted molar refractivity (Wildman–Crippen MR) is 63.6 cm³/mol. The van der Waals surface area contributed by atoms with Crippen LogP contribution in [0, 0.1) is 0 Å².